The largest absolute Gasteiger partial charge is 0.507 e. The third-order valence-electron chi connectivity index (χ3n) is 2.40. The lowest BCUT2D eigenvalue weighted by atomic mass is 9.96. The average molecular weight is 270 g/mol. The van der Waals surface area contributed by atoms with Crippen molar-refractivity contribution >= 4 is 12.4 Å². The van der Waals surface area contributed by atoms with Crippen molar-refractivity contribution in [3.63, 3.8) is 0 Å². The molecule has 6 heteroatoms. The van der Waals surface area contributed by atoms with Gasteiger partial charge in [-0.1, -0.05) is 19.9 Å². The first-order valence-corrected chi connectivity index (χ1v) is 4.90. The fourth-order valence-corrected chi connectivity index (χ4v) is 1.42. The van der Waals surface area contributed by atoms with Crippen LogP contribution < -0.4 is 5.73 Å². The summed E-state index contributed by atoms with van der Waals surface area (Å²) < 4.78 is 37.8. The molecule has 3 N–H and O–H groups in total. The van der Waals surface area contributed by atoms with Crippen molar-refractivity contribution in [2.45, 2.75) is 32.5 Å². The molecule has 0 spiro atoms. The van der Waals surface area contributed by atoms with Crippen LogP contribution in [0.2, 0.25) is 0 Å². The molecule has 17 heavy (non-hydrogen) atoms. The van der Waals surface area contributed by atoms with Crippen LogP contribution in [0, 0.1) is 0 Å². The van der Waals surface area contributed by atoms with Gasteiger partial charge in [0.05, 0.1) is 5.56 Å². The summed E-state index contributed by atoms with van der Waals surface area (Å²) >= 11 is 0. The van der Waals surface area contributed by atoms with E-state index in [9.17, 15) is 18.3 Å². The Bertz CT molecular complexity index is 391. The van der Waals surface area contributed by atoms with Crippen molar-refractivity contribution in [2.24, 2.45) is 5.73 Å². The fourth-order valence-electron chi connectivity index (χ4n) is 1.42. The van der Waals surface area contributed by atoms with Crippen molar-refractivity contribution < 1.29 is 18.3 Å². The minimum absolute atomic E-state index is 0. The molecule has 0 saturated carbocycles. The molecule has 0 unspecified atom stereocenters. The summed E-state index contributed by atoms with van der Waals surface area (Å²) in [6.45, 7) is 3.45. The van der Waals surface area contributed by atoms with Crippen molar-refractivity contribution in [3.8, 4) is 5.75 Å². The van der Waals surface area contributed by atoms with Gasteiger partial charge in [0.2, 0.25) is 0 Å². The number of phenols is 1. The van der Waals surface area contributed by atoms with E-state index >= 15 is 0 Å². The Balaban J connectivity index is 0.00000256. The van der Waals surface area contributed by atoms with Crippen LogP contribution in [0.4, 0.5) is 13.2 Å². The van der Waals surface area contributed by atoms with Gasteiger partial charge in [-0.2, -0.15) is 13.2 Å². The maximum Gasteiger partial charge on any atom is 0.419 e. The molecule has 0 amide bonds. The zero-order chi connectivity index (χ0) is 12.5. The molecule has 2 nitrogen and oxygen atoms in total. The molecule has 0 saturated heterocycles. The molecule has 1 aromatic carbocycles. The van der Waals surface area contributed by atoms with Gasteiger partial charge in [0.1, 0.15) is 5.75 Å². The predicted octanol–water partition coefficient (Wildman–Crippen LogP) is 3.41. The number of hydrogen-bond acceptors (Lipinski definition) is 2. The predicted molar refractivity (Wildman–Crippen MR) is 62.3 cm³/mol. The van der Waals surface area contributed by atoms with E-state index in [0.717, 1.165) is 6.07 Å². The highest BCUT2D eigenvalue weighted by Crippen LogP contribution is 2.39. The first kappa shape index (κ1) is 16.1. The molecule has 0 aromatic heterocycles. The molecule has 0 aliphatic rings. The summed E-state index contributed by atoms with van der Waals surface area (Å²) in [7, 11) is 0. The Morgan fingerprint density at radius 3 is 2.18 bits per heavy atom. The highest BCUT2D eigenvalue weighted by atomic mass is 35.5. The van der Waals surface area contributed by atoms with E-state index < -0.39 is 17.5 Å². The Morgan fingerprint density at radius 1 is 1.29 bits per heavy atom. The minimum atomic E-state index is -4.56. The number of phenolic OH excluding ortho intramolecular Hbond substituents is 1. The molecular weight excluding hydrogens is 255 g/mol. The summed E-state index contributed by atoms with van der Waals surface area (Å²) in [5.41, 5.74) is 4.93. The van der Waals surface area contributed by atoms with Crippen molar-refractivity contribution in [1.82, 2.24) is 0 Å². The number of hydrogen-bond donors (Lipinski definition) is 2. The van der Waals surface area contributed by atoms with E-state index in [4.69, 9.17) is 5.73 Å². The van der Waals surface area contributed by atoms with E-state index in [-0.39, 0.29) is 30.4 Å². The highest BCUT2D eigenvalue weighted by molar-refractivity contribution is 5.85. The fraction of sp³-hybridized carbons (Fsp3) is 0.455. The summed E-state index contributed by atoms with van der Waals surface area (Å²) in [6, 6.07) is 2.48. The zero-order valence-corrected chi connectivity index (χ0v) is 10.3. The second-order valence-corrected chi connectivity index (χ2v) is 3.93. The van der Waals surface area contributed by atoms with Gasteiger partial charge in [0, 0.05) is 12.1 Å². The van der Waals surface area contributed by atoms with Gasteiger partial charge in [0.25, 0.3) is 0 Å². The van der Waals surface area contributed by atoms with Gasteiger partial charge in [-0.05, 0) is 17.5 Å². The van der Waals surface area contributed by atoms with Crippen molar-refractivity contribution in [1.29, 1.82) is 0 Å². The first-order valence-electron chi connectivity index (χ1n) is 4.90. The number of alkyl halides is 3. The molecule has 98 valence electrons. The van der Waals surface area contributed by atoms with Crippen LogP contribution in [0.15, 0.2) is 12.1 Å². The lowest BCUT2D eigenvalue weighted by Gasteiger charge is -2.15. The highest BCUT2D eigenvalue weighted by Gasteiger charge is 2.35. The van der Waals surface area contributed by atoms with E-state index in [1.54, 1.807) is 13.8 Å². The lowest BCUT2D eigenvalue weighted by molar-refractivity contribution is -0.138. The SMILES string of the molecule is CC(C)c1cc(CN)c(O)c(C(F)(F)F)c1.Cl. The quantitative estimate of drug-likeness (QED) is 0.864. The van der Waals surface area contributed by atoms with Crippen LogP contribution in [0.25, 0.3) is 0 Å². The van der Waals surface area contributed by atoms with Gasteiger partial charge in [0.15, 0.2) is 0 Å². The summed E-state index contributed by atoms with van der Waals surface area (Å²) in [4.78, 5) is 0. The Labute approximate surface area is 104 Å². The molecule has 0 aliphatic carbocycles. The normalized spacial score (nSPS) is 11.5. The van der Waals surface area contributed by atoms with E-state index in [0.29, 0.717) is 5.56 Å². The maximum atomic E-state index is 12.6. The van der Waals surface area contributed by atoms with E-state index in [2.05, 4.69) is 0 Å². The van der Waals surface area contributed by atoms with Crippen LogP contribution in [0.5, 0.6) is 5.75 Å². The number of halogens is 4. The Kier molecular flexibility index (Phi) is 5.29. The zero-order valence-electron chi connectivity index (χ0n) is 9.51. The number of aromatic hydroxyl groups is 1. The molecule has 0 aliphatic heterocycles. The lowest BCUT2D eigenvalue weighted by Crippen LogP contribution is -2.10. The standard InChI is InChI=1S/C11H14F3NO.ClH/c1-6(2)7-3-8(5-15)10(16)9(4-7)11(12,13)14;/h3-4,6,16H,5,15H2,1-2H3;1H. The molecule has 0 heterocycles. The third-order valence-corrected chi connectivity index (χ3v) is 2.40. The molecule has 0 atom stereocenters. The maximum absolute atomic E-state index is 12.6. The average Bonchev–Trinajstić information content (AvgIpc) is 2.15. The van der Waals surface area contributed by atoms with E-state index in [1.807, 2.05) is 0 Å². The monoisotopic (exact) mass is 269 g/mol. The smallest absolute Gasteiger partial charge is 0.419 e. The van der Waals surface area contributed by atoms with Crippen LogP contribution >= 0.6 is 12.4 Å². The van der Waals surface area contributed by atoms with Crippen molar-refractivity contribution in [3.05, 3.63) is 28.8 Å². The summed E-state index contributed by atoms with van der Waals surface area (Å²) in [6.07, 6.45) is -4.56. The first-order chi connectivity index (χ1) is 7.27. The van der Waals surface area contributed by atoms with Gasteiger partial charge in [-0.15, -0.1) is 12.4 Å². The van der Waals surface area contributed by atoms with Gasteiger partial charge >= 0.3 is 6.18 Å². The van der Waals surface area contributed by atoms with Crippen LogP contribution in [0.1, 0.15) is 36.5 Å². The summed E-state index contributed by atoms with van der Waals surface area (Å²) in [5.74, 6) is -0.814. The van der Waals surface area contributed by atoms with Gasteiger partial charge in [-0.25, -0.2) is 0 Å². The topological polar surface area (TPSA) is 46.2 Å². The minimum Gasteiger partial charge on any atom is -0.507 e. The second kappa shape index (κ2) is 5.60. The van der Waals surface area contributed by atoms with Crippen LogP contribution in [-0.4, -0.2) is 5.11 Å². The number of nitrogens with two attached hydrogens (primary N) is 1. The molecule has 1 aromatic rings. The third kappa shape index (κ3) is 3.51. The van der Waals surface area contributed by atoms with Crippen LogP contribution in [0.3, 0.4) is 0 Å². The number of rotatable bonds is 2. The molecular formula is C11H15ClF3NO. The van der Waals surface area contributed by atoms with Gasteiger partial charge in [-0.3, -0.25) is 0 Å². The summed E-state index contributed by atoms with van der Waals surface area (Å²) in [5, 5.41) is 9.43. The van der Waals surface area contributed by atoms with Gasteiger partial charge < -0.3 is 10.8 Å². The van der Waals surface area contributed by atoms with Crippen LogP contribution in [-0.2, 0) is 12.7 Å². The Morgan fingerprint density at radius 2 is 1.82 bits per heavy atom. The second-order valence-electron chi connectivity index (χ2n) is 3.93. The van der Waals surface area contributed by atoms with Crippen molar-refractivity contribution in [2.75, 3.05) is 0 Å². The molecule has 0 radical (unpaired) electrons. The molecule has 0 fully saturated rings. The molecule has 0 bridgehead atoms. The molecule has 1 rings (SSSR count). The van der Waals surface area contributed by atoms with E-state index in [1.165, 1.54) is 6.07 Å². The number of benzene rings is 1. The Hall–Kier alpha value is -0.940.